The lowest BCUT2D eigenvalue weighted by atomic mass is 9.93. The molecule has 2 aromatic rings. The normalized spacial score (nSPS) is 19.7. The van der Waals surface area contributed by atoms with Crippen molar-refractivity contribution in [3.05, 3.63) is 29.0 Å². The van der Waals surface area contributed by atoms with Crippen LogP contribution in [0.4, 0.5) is 0 Å². The first-order chi connectivity index (χ1) is 7.31. The molecule has 0 bridgehead atoms. The Hall–Kier alpha value is -1.31. The third-order valence-electron chi connectivity index (χ3n) is 3.68. The number of hydrogen-bond donors (Lipinski definition) is 1. The molecule has 1 heterocycles. The summed E-state index contributed by atoms with van der Waals surface area (Å²) in [6.45, 7) is 4.59. The number of aryl methyl sites for hydroxylation is 2. The Kier molecular flexibility index (Phi) is 1.84. The molecule has 15 heavy (non-hydrogen) atoms. The van der Waals surface area contributed by atoms with Crippen LogP contribution < -0.4 is 0 Å². The molecule has 0 radical (unpaired) electrons. The molecule has 1 aliphatic rings. The van der Waals surface area contributed by atoms with Gasteiger partial charge in [0.25, 0.3) is 0 Å². The summed E-state index contributed by atoms with van der Waals surface area (Å²) in [6.07, 6.45) is 5.63. The second kappa shape index (κ2) is 3.09. The van der Waals surface area contributed by atoms with Gasteiger partial charge < -0.3 is 0 Å². The molecule has 0 amide bonds. The number of rotatable bonds is 1. The van der Waals surface area contributed by atoms with Gasteiger partial charge in [0, 0.05) is 5.39 Å². The standard InChI is InChI=1S/C13H16N2/c1-3-10-11-7-14-15-12(11)6-9-5-4-8(2)13(9)10/h6-8H,3-5H2,1-2H3,(H,14,15). The molecule has 1 aliphatic carbocycles. The zero-order valence-corrected chi connectivity index (χ0v) is 9.30. The van der Waals surface area contributed by atoms with Gasteiger partial charge in [-0.25, -0.2) is 0 Å². The number of fused-ring (bicyclic) bond motifs is 2. The lowest BCUT2D eigenvalue weighted by Gasteiger charge is -2.11. The van der Waals surface area contributed by atoms with Crippen molar-refractivity contribution in [2.45, 2.75) is 39.0 Å². The molecular weight excluding hydrogens is 184 g/mol. The van der Waals surface area contributed by atoms with Gasteiger partial charge in [0.15, 0.2) is 0 Å². The molecule has 3 rings (SSSR count). The Bertz CT molecular complexity index is 510. The lowest BCUT2D eigenvalue weighted by Crippen LogP contribution is -1.95. The van der Waals surface area contributed by atoms with E-state index in [1.807, 2.05) is 6.20 Å². The Morgan fingerprint density at radius 1 is 1.53 bits per heavy atom. The van der Waals surface area contributed by atoms with Gasteiger partial charge in [-0.05, 0) is 47.9 Å². The minimum Gasteiger partial charge on any atom is -0.278 e. The smallest absolute Gasteiger partial charge is 0.0656 e. The van der Waals surface area contributed by atoms with Gasteiger partial charge in [0.2, 0.25) is 0 Å². The van der Waals surface area contributed by atoms with Crippen molar-refractivity contribution in [2.75, 3.05) is 0 Å². The predicted molar refractivity (Wildman–Crippen MR) is 62.2 cm³/mol. The molecule has 0 saturated carbocycles. The first kappa shape index (κ1) is 8.96. The molecule has 78 valence electrons. The maximum atomic E-state index is 4.15. The Morgan fingerprint density at radius 2 is 2.40 bits per heavy atom. The summed E-state index contributed by atoms with van der Waals surface area (Å²) in [7, 11) is 0. The van der Waals surface area contributed by atoms with Gasteiger partial charge in [-0.3, -0.25) is 5.10 Å². The fraction of sp³-hybridized carbons (Fsp3) is 0.462. The van der Waals surface area contributed by atoms with Gasteiger partial charge >= 0.3 is 0 Å². The summed E-state index contributed by atoms with van der Waals surface area (Å²) in [5.74, 6) is 0.731. The van der Waals surface area contributed by atoms with E-state index in [4.69, 9.17) is 0 Å². The molecule has 1 N–H and O–H groups in total. The largest absolute Gasteiger partial charge is 0.278 e. The number of benzene rings is 1. The van der Waals surface area contributed by atoms with Crippen molar-refractivity contribution in [1.29, 1.82) is 0 Å². The molecule has 2 heteroatoms. The van der Waals surface area contributed by atoms with Crippen molar-refractivity contribution in [3.8, 4) is 0 Å². The number of H-pyrrole nitrogens is 1. The number of nitrogens with zero attached hydrogens (tertiary/aromatic N) is 1. The number of nitrogens with one attached hydrogen (secondary N) is 1. The molecule has 0 spiro atoms. The highest BCUT2D eigenvalue weighted by Gasteiger charge is 2.23. The van der Waals surface area contributed by atoms with Crippen molar-refractivity contribution < 1.29 is 0 Å². The summed E-state index contributed by atoms with van der Waals surface area (Å²) in [6, 6.07) is 2.29. The molecule has 1 unspecified atom stereocenters. The van der Waals surface area contributed by atoms with Gasteiger partial charge in [-0.1, -0.05) is 13.8 Å². The Morgan fingerprint density at radius 3 is 3.20 bits per heavy atom. The van der Waals surface area contributed by atoms with E-state index in [0.29, 0.717) is 0 Å². The van der Waals surface area contributed by atoms with E-state index in [1.165, 1.54) is 34.9 Å². The van der Waals surface area contributed by atoms with Crippen LogP contribution in [0.5, 0.6) is 0 Å². The maximum Gasteiger partial charge on any atom is 0.0656 e. The van der Waals surface area contributed by atoms with Crippen LogP contribution in [-0.4, -0.2) is 10.2 Å². The molecule has 1 aromatic heterocycles. The number of aromatic nitrogens is 2. The molecule has 0 saturated heterocycles. The van der Waals surface area contributed by atoms with Gasteiger partial charge in [-0.15, -0.1) is 0 Å². The molecule has 1 aromatic carbocycles. The van der Waals surface area contributed by atoms with Crippen LogP contribution in [0, 0.1) is 0 Å². The van der Waals surface area contributed by atoms with Crippen LogP contribution in [-0.2, 0) is 12.8 Å². The lowest BCUT2D eigenvalue weighted by molar-refractivity contribution is 0.741. The molecule has 0 aliphatic heterocycles. The van der Waals surface area contributed by atoms with Crippen LogP contribution in [0.3, 0.4) is 0 Å². The summed E-state index contributed by atoms with van der Waals surface area (Å²) in [4.78, 5) is 0. The van der Waals surface area contributed by atoms with Crippen LogP contribution in [0.2, 0.25) is 0 Å². The minimum absolute atomic E-state index is 0.731. The summed E-state index contributed by atoms with van der Waals surface area (Å²) >= 11 is 0. The van der Waals surface area contributed by atoms with Gasteiger partial charge in [-0.2, -0.15) is 5.10 Å². The van der Waals surface area contributed by atoms with E-state index in [0.717, 1.165) is 12.3 Å². The second-order valence-corrected chi connectivity index (χ2v) is 4.55. The van der Waals surface area contributed by atoms with Crippen molar-refractivity contribution in [1.82, 2.24) is 10.2 Å². The van der Waals surface area contributed by atoms with Crippen LogP contribution >= 0.6 is 0 Å². The van der Waals surface area contributed by atoms with Gasteiger partial charge in [0.05, 0.1) is 11.7 Å². The SMILES string of the molecule is CCc1c2c(cc3[nH]ncc13)CCC2C. The van der Waals surface area contributed by atoms with Crippen LogP contribution in [0.25, 0.3) is 10.9 Å². The first-order valence-electron chi connectivity index (χ1n) is 5.79. The van der Waals surface area contributed by atoms with E-state index in [-0.39, 0.29) is 0 Å². The molecule has 1 atom stereocenters. The minimum atomic E-state index is 0.731. The summed E-state index contributed by atoms with van der Waals surface area (Å²) < 4.78 is 0. The number of hydrogen-bond acceptors (Lipinski definition) is 1. The fourth-order valence-corrected chi connectivity index (χ4v) is 2.96. The van der Waals surface area contributed by atoms with E-state index >= 15 is 0 Å². The highest BCUT2D eigenvalue weighted by Crippen LogP contribution is 2.38. The van der Waals surface area contributed by atoms with E-state index in [1.54, 1.807) is 5.56 Å². The molecule has 0 fully saturated rings. The van der Waals surface area contributed by atoms with Gasteiger partial charge in [0.1, 0.15) is 0 Å². The van der Waals surface area contributed by atoms with Crippen molar-refractivity contribution >= 4 is 10.9 Å². The van der Waals surface area contributed by atoms with Crippen molar-refractivity contribution in [3.63, 3.8) is 0 Å². The van der Waals surface area contributed by atoms with E-state index < -0.39 is 0 Å². The van der Waals surface area contributed by atoms with E-state index in [2.05, 4.69) is 30.1 Å². The molecular formula is C13H16N2. The quantitative estimate of drug-likeness (QED) is 0.752. The topological polar surface area (TPSA) is 28.7 Å². The average molecular weight is 200 g/mol. The number of aromatic amines is 1. The van der Waals surface area contributed by atoms with Crippen molar-refractivity contribution in [2.24, 2.45) is 0 Å². The third kappa shape index (κ3) is 1.14. The summed E-state index contributed by atoms with van der Waals surface area (Å²) in [5.41, 5.74) is 5.86. The third-order valence-corrected chi connectivity index (χ3v) is 3.68. The highest BCUT2D eigenvalue weighted by atomic mass is 15.1. The zero-order chi connectivity index (χ0) is 10.4. The fourth-order valence-electron chi connectivity index (χ4n) is 2.96. The Balaban J connectivity index is 2.39. The monoisotopic (exact) mass is 200 g/mol. The highest BCUT2D eigenvalue weighted by molar-refractivity contribution is 5.84. The zero-order valence-electron chi connectivity index (χ0n) is 9.30. The molecule has 2 nitrogen and oxygen atoms in total. The second-order valence-electron chi connectivity index (χ2n) is 4.55. The first-order valence-corrected chi connectivity index (χ1v) is 5.79. The van der Waals surface area contributed by atoms with Crippen LogP contribution in [0.1, 0.15) is 42.9 Å². The van der Waals surface area contributed by atoms with Crippen LogP contribution in [0.15, 0.2) is 12.3 Å². The predicted octanol–water partition coefficient (Wildman–Crippen LogP) is 3.18. The maximum absolute atomic E-state index is 4.15. The van der Waals surface area contributed by atoms with E-state index in [9.17, 15) is 0 Å². The Labute approximate surface area is 89.7 Å². The summed E-state index contributed by atoms with van der Waals surface area (Å²) in [5, 5.41) is 8.56. The average Bonchev–Trinajstić information content (AvgIpc) is 2.83.